The molecule has 2 rings (SSSR count). The maximum atomic E-state index is 12.5. The van der Waals surface area contributed by atoms with Crippen molar-refractivity contribution in [2.45, 2.75) is 32.6 Å². The van der Waals surface area contributed by atoms with Gasteiger partial charge in [-0.2, -0.15) is 0 Å². The van der Waals surface area contributed by atoms with E-state index in [1.54, 1.807) is 24.3 Å². The maximum absolute atomic E-state index is 12.5. The zero-order valence-electron chi connectivity index (χ0n) is 14.6. The summed E-state index contributed by atoms with van der Waals surface area (Å²) >= 11 is 0. The summed E-state index contributed by atoms with van der Waals surface area (Å²) in [5.41, 5.74) is 1.51. The van der Waals surface area contributed by atoms with Crippen molar-refractivity contribution in [3.05, 3.63) is 60.2 Å². The van der Waals surface area contributed by atoms with Crippen LogP contribution in [-0.4, -0.2) is 18.5 Å². The van der Waals surface area contributed by atoms with E-state index in [4.69, 9.17) is 4.74 Å². The Morgan fingerprint density at radius 2 is 1.80 bits per heavy atom. The van der Waals surface area contributed by atoms with Crippen LogP contribution in [-0.2, 0) is 4.79 Å². The number of ether oxygens (including phenoxy) is 1. The minimum Gasteiger partial charge on any atom is -0.426 e. The Bertz CT molecular complexity index is 701. The minimum absolute atomic E-state index is 0.277. The van der Waals surface area contributed by atoms with Crippen molar-refractivity contribution in [3.63, 3.8) is 0 Å². The van der Waals surface area contributed by atoms with E-state index in [-0.39, 0.29) is 17.9 Å². The molecular weight excluding hydrogens is 316 g/mol. The number of benzene rings is 2. The van der Waals surface area contributed by atoms with E-state index in [9.17, 15) is 9.59 Å². The van der Waals surface area contributed by atoms with Gasteiger partial charge in [-0.25, -0.2) is 4.79 Å². The van der Waals surface area contributed by atoms with Crippen molar-refractivity contribution in [2.24, 2.45) is 0 Å². The standard InChI is InChI=1S/C20H24N2O3/c1-3-13-21-20(24)22-16-11-8-12-17(14-16)25-19(23)18(4-2)15-9-6-5-7-10-15/h5-12,14,18H,3-4,13H2,1-2H3,(H2,21,22,24). The summed E-state index contributed by atoms with van der Waals surface area (Å²) in [6.45, 7) is 4.54. The fourth-order valence-corrected chi connectivity index (χ4v) is 2.46. The number of amides is 2. The van der Waals surface area contributed by atoms with Crippen molar-refractivity contribution in [3.8, 4) is 5.75 Å². The topological polar surface area (TPSA) is 67.4 Å². The van der Waals surface area contributed by atoms with E-state index in [2.05, 4.69) is 10.6 Å². The number of carbonyl (C=O) groups is 2. The Morgan fingerprint density at radius 1 is 1.04 bits per heavy atom. The third kappa shape index (κ3) is 5.64. The summed E-state index contributed by atoms with van der Waals surface area (Å²) in [5, 5.41) is 5.46. The van der Waals surface area contributed by atoms with Crippen LogP contribution in [0.2, 0.25) is 0 Å². The van der Waals surface area contributed by atoms with Gasteiger partial charge in [0.1, 0.15) is 5.75 Å². The number of nitrogens with one attached hydrogen (secondary N) is 2. The van der Waals surface area contributed by atoms with Gasteiger partial charge >= 0.3 is 12.0 Å². The molecule has 0 saturated heterocycles. The second kappa shape index (κ2) is 9.47. The molecule has 5 heteroatoms. The first kappa shape index (κ1) is 18.5. The summed E-state index contributed by atoms with van der Waals surface area (Å²) < 4.78 is 5.51. The van der Waals surface area contributed by atoms with Gasteiger partial charge in [0.2, 0.25) is 0 Å². The molecule has 2 aromatic rings. The average molecular weight is 340 g/mol. The van der Waals surface area contributed by atoms with Gasteiger partial charge in [0, 0.05) is 18.3 Å². The smallest absolute Gasteiger partial charge is 0.319 e. The molecule has 1 atom stereocenters. The van der Waals surface area contributed by atoms with Gasteiger partial charge in [0.05, 0.1) is 5.92 Å². The quantitative estimate of drug-likeness (QED) is 0.583. The van der Waals surface area contributed by atoms with Crippen LogP contribution in [0.15, 0.2) is 54.6 Å². The first-order valence-electron chi connectivity index (χ1n) is 8.55. The van der Waals surface area contributed by atoms with Crippen molar-refractivity contribution in [2.75, 3.05) is 11.9 Å². The van der Waals surface area contributed by atoms with E-state index >= 15 is 0 Å². The van der Waals surface area contributed by atoms with Gasteiger partial charge in [-0.15, -0.1) is 0 Å². The van der Waals surface area contributed by atoms with Crippen molar-refractivity contribution in [1.82, 2.24) is 5.32 Å². The van der Waals surface area contributed by atoms with Crippen LogP contribution in [0.25, 0.3) is 0 Å². The van der Waals surface area contributed by atoms with Crippen LogP contribution in [0.4, 0.5) is 10.5 Å². The lowest BCUT2D eigenvalue weighted by Crippen LogP contribution is -2.29. The average Bonchev–Trinajstić information content (AvgIpc) is 2.62. The lowest BCUT2D eigenvalue weighted by Gasteiger charge is -2.15. The predicted octanol–water partition coefficient (Wildman–Crippen LogP) is 4.32. The van der Waals surface area contributed by atoms with Crippen molar-refractivity contribution >= 4 is 17.7 Å². The van der Waals surface area contributed by atoms with Gasteiger partial charge < -0.3 is 15.4 Å². The predicted molar refractivity (Wildman–Crippen MR) is 98.9 cm³/mol. The molecule has 0 aliphatic heterocycles. The number of hydrogen-bond acceptors (Lipinski definition) is 3. The summed E-state index contributed by atoms with van der Waals surface area (Å²) in [6.07, 6.45) is 1.52. The zero-order valence-corrected chi connectivity index (χ0v) is 14.6. The van der Waals surface area contributed by atoms with Gasteiger partial charge in [0.15, 0.2) is 0 Å². The molecule has 25 heavy (non-hydrogen) atoms. The summed E-state index contributed by atoms with van der Waals surface area (Å²) in [5.74, 6) is -0.209. The van der Waals surface area contributed by atoms with E-state index in [0.29, 0.717) is 24.4 Å². The molecule has 0 aliphatic carbocycles. The molecule has 2 aromatic carbocycles. The Balaban J connectivity index is 2.03. The zero-order chi connectivity index (χ0) is 18.1. The van der Waals surface area contributed by atoms with Gasteiger partial charge in [-0.1, -0.05) is 50.2 Å². The van der Waals surface area contributed by atoms with Gasteiger partial charge in [-0.3, -0.25) is 4.79 Å². The molecule has 0 radical (unpaired) electrons. The van der Waals surface area contributed by atoms with Gasteiger partial charge in [-0.05, 0) is 30.5 Å². The summed E-state index contributed by atoms with van der Waals surface area (Å²) in [4.78, 5) is 24.2. The first-order valence-corrected chi connectivity index (χ1v) is 8.55. The van der Waals surface area contributed by atoms with Crippen LogP contribution in [0, 0.1) is 0 Å². The Hall–Kier alpha value is -2.82. The van der Waals surface area contributed by atoms with E-state index in [1.807, 2.05) is 44.2 Å². The molecule has 0 saturated carbocycles. The number of esters is 1. The molecular formula is C20H24N2O3. The molecule has 0 aliphatic rings. The Labute approximate surface area is 148 Å². The molecule has 2 N–H and O–H groups in total. The summed E-state index contributed by atoms with van der Waals surface area (Å²) in [6, 6.07) is 16.1. The van der Waals surface area contributed by atoms with E-state index < -0.39 is 0 Å². The Morgan fingerprint density at radius 3 is 2.48 bits per heavy atom. The highest BCUT2D eigenvalue weighted by molar-refractivity contribution is 5.89. The second-order valence-corrected chi connectivity index (χ2v) is 5.70. The largest absolute Gasteiger partial charge is 0.426 e. The molecule has 0 heterocycles. The van der Waals surface area contributed by atoms with Gasteiger partial charge in [0.25, 0.3) is 0 Å². The van der Waals surface area contributed by atoms with Crippen LogP contribution in [0.3, 0.4) is 0 Å². The molecule has 1 unspecified atom stereocenters. The molecule has 0 aromatic heterocycles. The van der Waals surface area contributed by atoms with E-state index in [1.165, 1.54) is 0 Å². The van der Waals surface area contributed by atoms with Crippen LogP contribution in [0.5, 0.6) is 5.75 Å². The monoisotopic (exact) mass is 340 g/mol. The van der Waals surface area contributed by atoms with Crippen LogP contribution in [0.1, 0.15) is 38.2 Å². The first-order chi connectivity index (χ1) is 12.1. The van der Waals surface area contributed by atoms with Crippen LogP contribution < -0.4 is 15.4 Å². The van der Waals surface area contributed by atoms with Crippen molar-refractivity contribution < 1.29 is 14.3 Å². The molecule has 5 nitrogen and oxygen atoms in total. The number of hydrogen-bond donors (Lipinski definition) is 2. The Kier molecular flexibility index (Phi) is 7.01. The third-order valence-corrected chi connectivity index (χ3v) is 3.74. The molecule has 2 amide bonds. The lowest BCUT2D eigenvalue weighted by molar-refractivity contribution is -0.136. The fourth-order valence-electron chi connectivity index (χ4n) is 2.46. The molecule has 0 bridgehead atoms. The number of urea groups is 1. The SMILES string of the molecule is CCCNC(=O)Nc1cccc(OC(=O)C(CC)c2ccccc2)c1. The third-order valence-electron chi connectivity index (χ3n) is 3.74. The second-order valence-electron chi connectivity index (χ2n) is 5.70. The molecule has 0 spiro atoms. The molecule has 0 fully saturated rings. The minimum atomic E-state index is -0.314. The van der Waals surface area contributed by atoms with Crippen molar-refractivity contribution in [1.29, 1.82) is 0 Å². The highest BCUT2D eigenvalue weighted by Gasteiger charge is 2.20. The van der Waals surface area contributed by atoms with Crippen LogP contribution >= 0.6 is 0 Å². The molecule has 132 valence electrons. The maximum Gasteiger partial charge on any atom is 0.319 e. The number of anilines is 1. The fraction of sp³-hybridized carbons (Fsp3) is 0.300. The summed E-state index contributed by atoms with van der Waals surface area (Å²) in [7, 11) is 0. The number of rotatable bonds is 7. The lowest BCUT2D eigenvalue weighted by atomic mass is 9.97. The number of carbonyl (C=O) groups excluding carboxylic acids is 2. The highest BCUT2D eigenvalue weighted by atomic mass is 16.5. The van der Waals surface area contributed by atoms with E-state index in [0.717, 1.165) is 12.0 Å². The normalized spacial score (nSPS) is 11.4. The highest BCUT2D eigenvalue weighted by Crippen LogP contribution is 2.24.